The number of hydrogen-bond donors (Lipinski definition) is 0. The second-order valence-electron chi connectivity index (χ2n) is 6.97. The third-order valence-corrected chi connectivity index (χ3v) is 5.91. The Balaban J connectivity index is 1.76. The first-order valence-electron chi connectivity index (χ1n) is 10.3. The number of rotatable bonds is 12. The predicted octanol–water partition coefficient (Wildman–Crippen LogP) is 8.91. The van der Waals surface area contributed by atoms with E-state index in [0.717, 1.165) is 68.1 Å². The molecular weight excluding hydrogens is 520 g/mol. The highest BCUT2D eigenvalue weighted by atomic mass is 79.9. The number of fused-ring (bicyclic) bond motifs is 3. The molecule has 0 fully saturated rings. The van der Waals surface area contributed by atoms with Crippen LogP contribution in [0.5, 0.6) is 11.5 Å². The van der Waals surface area contributed by atoms with Gasteiger partial charge in [-0.15, -0.1) is 0 Å². The lowest BCUT2D eigenvalue weighted by Crippen LogP contribution is -1.97. The van der Waals surface area contributed by atoms with Crippen LogP contribution in [0.4, 0.5) is 0 Å². The fourth-order valence-electron chi connectivity index (χ4n) is 3.15. The van der Waals surface area contributed by atoms with E-state index in [0.29, 0.717) is 13.2 Å². The topological polar surface area (TPSA) is 31.6 Å². The summed E-state index contributed by atoms with van der Waals surface area (Å²) in [6, 6.07) is 7.98. The van der Waals surface area contributed by atoms with Gasteiger partial charge in [-0.3, -0.25) is 0 Å². The van der Waals surface area contributed by atoms with Crippen molar-refractivity contribution in [2.45, 2.75) is 25.7 Å². The maximum absolute atomic E-state index is 6.06. The van der Waals surface area contributed by atoms with E-state index in [-0.39, 0.29) is 0 Å². The number of ether oxygens (including phenoxy) is 2. The van der Waals surface area contributed by atoms with E-state index in [1.54, 1.807) is 12.2 Å². The third-order valence-electron chi connectivity index (χ3n) is 4.67. The Hall–Kier alpha value is -2.24. The number of benzene rings is 2. The lowest BCUT2D eigenvalue weighted by molar-refractivity contribution is 0.310. The quantitative estimate of drug-likeness (QED) is 0.168. The first-order chi connectivity index (χ1) is 15.1. The molecule has 3 rings (SSSR count). The zero-order valence-corrected chi connectivity index (χ0v) is 20.6. The summed E-state index contributed by atoms with van der Waals surface area (Å²) in [5.41, 5.74) is 1.61. The lowest BCUT2D eigenvalue weighted by Gasteiger charge is -2.08. The third kappa shape index (κ3) is 6.37. The number of hydrogen-bond acceptors (Lipinski definition) is 3. The summed E-state index contributed by atoms with van der Waals surface area (Å²) in [6.45, 7) is 8.64. The SMILES string of the molecule is C=C/C=C/CCCOc1cc2c(cc1Br)oc1cc(Br)c(OCCC/C=C/C=C)cc12. The summed E-state index contributed by atoms with van der Waals surface area (Å²) < 4.78 is 19.8. The summed E-state index contributed by atoms with van der Waals surface area (Å²) in [5, 5.41) is 2.01. The molecule has 0 aliphatic rings. The van der Waals surface area contributed by atoms with Crippen molar-refractivity contribution in [1.82, 2.24) is 0 Å². The molecule has 0 saturated heterocycles. The number of unbranched alkanes of at least 4 members (excludes halogenated alkanes) is 2. The smallest absolute Gasteiger partial charge is 0.136 e. The van der Waals surface area contributed by atoms with Crippen LogP contribution in [-0.4, -0.2) is 13.2 Å². The Kier molecular flexibility index (Phi) is 9.04. The molecule has 1 heterocycles. The molecule has 0 aliphatic heterocycles. The van der Waals surface area contributed by atoms with Gasteiger partial charge in [-0.05, 0) is 81.8 Å². The summed E-state index contributed by atoms with van der Waals surface area (Å²) >= 11 is 7.20. The van der Waals surface area contributed by atoms with E-state index in [4.69, 9.17) is 13.9 Å². The van der Waals surface area contributed by atoms with Gasteiger partial charge in [0.1, 0.15) is 22.7 Å². The van der Waals surface area contributed by atoms with Gasteiger partial charge in [0.15, 0.2) is 0 Å². The Morgan fingerprint density at radius 3 is 1.61 bits per heavy atom. The molecule has 3 nitrogen and oxygen atoms in total. The maximum Gasteiger partial charge on any atom is 0.136 e. The Morgan fingerprint density at radius 1 is 0.742 bits per heavy atom. The number of halogens is 2. The minimum atomic E-state index is 0.640. The molecule has 0 unspecified atom stereocenters. The molecule has 0 amide bonds. The van der Waals surface area contributed by atoms with Crippen LogP contribution in [0.15, 0.2) is 87.2 Å². The van der Waals surface area contributed by atoms with Gasteiger partial charge in [-0.1, -0.05) is 49.6 Å². The molecule has 0 bridgehead atoms. The summed E-state index contributed by atoms with van der Waals surface area (Å²) in [4.78, 5) is 0. The minimum Gasteiger partial charge on any atom is -0.492 e. The monoisotopic (exact) mass is 544 g/mol. The standard InChI is InChI=1S/C26H26Br2O3/c1-3-5-7-9-11-13-29-25-15-19-20-16-26(30-14-12-10-8-6-4-2)22(28)18-24(20)31-23(19)17-21(25)27/h3-8,15-18H,1-2,9-14H2/b7-5+,8-6+. The van der Waals surface area contributed by atoms with Crippen LogP contribution in [0.2, 0.25) is 0 Å². The van der Waals surface area contributed by atoms with E-state index in [1.807, 2.05) is 36.4 Å². The zero-order chi connectivity index (χ0) is 22.1. The molecule has 3 aromatic rings. The molecule has 31 heavy (non-hydrogen) atoms. The van der Waals surface area contributed by atoms with Crippen molar-refractivity contribution in [1.29, 1.82) is 0 Å². The van der Waals surface area contributed by atoms with Crippen molar-refractivity contribution in [2.24, 2.45) is 0 Å². The fraction of sp³-hybridized carbons (Fsp3) is 0.231. The molecule has 162 valence electrons. The minimum absolute atomic E-state index is 0.640. The van der Waals surface area contributed by atoms with Gasteiger partial charge in [-0.2, -0.15) is 0 Å². The highest BCUT2D eigenvalue weighted by Gasteiger charge is 2.14. The van der Waals surface area contributed by atoms with Crippen LogP contribution < -0.4 is 9.47 Å². The Morgan fingerprint density at radius 2 is 1.19 bits per heavy atom. The van der Waals surface area contributed by atoms with E-state index >= 15 is 0 Å². The molecule has 0 atom stereocenters. The Bertz CT molecular complexity index is 1020. The molecule has 5 heteroatoms. The molecule has 0 N–H and O–H groups in total. The second-order valence-corrected chi connectivity index (χ2v) is 8.68. The van der Waals surface area contributed by atoms with E-state index in [1.165, 1.54) is 0 Å². The molecule has 2 aromatic carbocycles. The highest BCUT2D eigenvalue weighted by molar-refractivity contribution is 9.11. The lowest BCUT2D eigenvalue weighted by atomic mass is 10.1. The first-order valence-corrected chi connectivity index (χ1v) is 11.9. The van der Waals surface area contributed by atoms with Crippen LogP contribution in [0.1, 0.15) is 25.7 Å². The predicted molar refractivity (Wildman–Crippen MR) is 137 cm³/mol. The summed E-state index contributed by atoms with van der Waals surface area (Å²) in [5.74, 6) is 1.62. The molecule has 0 aliphatic carbocycles. The van der Waals surface area contributed by atoms with E-state index < -0.39 is 0 Å². The first kappa shape index (κ1) is 23.4. The van der Waals surface area contributed by atoms with Crippen molar-refractivity contribution in [3.8, 4) is 11.5 Å². The van der Waals surface area contributed by atoms with Crippen molar-refractivity contribution < 1.29 is 13.9 Å². The van der Waals surface area contributed by atoms with Gasteiger partial charge in [0.2, 0.25) is 0 Å². The second kappa shape index (κ2) is 12.0. The van der Waals surface area contributed by atoms with Gasteiger partial charge in [0, 0.05) is 10.8 Å². The van der Waals surface area contributed by atoms with E-state index in [9.17, 15) is 0 Å². The largest absolute Gasteiger partial charge is 0.492 e. The molecule has 0 saturated carbocycles. The van der Waals surface area contributed by atoms with Gasteiger partial charge in [0.05, 0.1) is 22.2 Å². The Labute approximate surface area is 200 Å². The molecule has 0 radical (unpaired) electrons. The van der Waals surface area contributed by atoms with Gasteiger partial charge < -0.3 is 13.9 Å². The van der Waals surface area contributed by atoms with Crippen molar-refractivity contribution in [3.05, 3.63) is 82.8 Å². The summed E-state index contributed by atoms with van der Waals surface area (Å²) in [6.07, 6.45) is 15.4. The average molecular weight is 546 g/mol. The number of allylic oxidation sites excluding steroid dienone is 6. The van der Waals surface area contributed by atoms with Crippen molar-refractivity contribution in [3.63, 3.8) is 0 Å². The molecule has 0 spiro atoms. The van der Waals surface area contributed by atoms with Crippen LogP contribution >= 0.6 is 31.9 Å². The zero-order valence-electron chi connectivity index (χ0n) is 17.4. The summed E-state index contributed by atoms with van der Waals surface area (Å²) in [7, 11) is 0. The highest BCUT2D eigenvalue weighted by Crippen LogP contribution is 2.40. The fourth-order valence-corrected chi connectivity index (χ4v) is 4.03. The normalized spacial score (nSPS) is 11.7. The van der Waals surface area contributed by atoms with E-state index in [2.05, 4.69) is 57.2 Å². The van der Waals surface area contributed by atoms with Crippen molar-refractivity contribution >= 4 is 53.8 Å². The molecular formula is C26H26Br2O3. The van der Waals surface area contributed by atoms with Crippen LogP contribution in [0.25, 0.3) is 21.9 Å². The van der Waals surface area contributed by atoms with Gasteiger partial charge in [-0.25, -0.2) is 0 Å². The average Bonchev–Trinajstić information content (AvgIpc) is 3.08. The number of furan rings is 1. The molecule has 1 aromatic heterocycles. The van der Waals surface area contributed by atoms with Crippen molar-refractivity contribution in [2.75, 3.05) is 13.2 Å². The maximum atomic E-state index is 6.06. The van der Waals surface area contributed by atoms with Gasteiger partial charge in [0.25, 0.3) is 0 Å². The van der Waals surface area contributed by atoms with Crippen LogP contribution in [0, 0.1) is 0 Å². The van der Waals surface area contributed by atoms with Crippen LogP contribution in [0.3, 0.4) is 0 Å². The van der Waals surface area contributed by atoms with Gasteiger partial charge >= 0.3 is 0 Å². The van der Waals surface area contributed by atoms with Crippen LogP contribution in [-0.2, 0) is 0 Å².